The minimum Gasteiger partial charge on any atom is -0.491 e. The number of aliphatic hydroxyl groups is 2. The lowest BCUT2D eigenvalue weighted by Gasteiger charge is -2.21. The topological polar surface area (TPSA) is 96.2 Å². The fourth-order valence-electron chi connectivity index (χ4n) is 5.14. The van der Waals surface area contributed by atoms with Crippen LogP contribution in [0.5, 0.6) is 5.75 Å². The van der Waals surface area contributed by atoms with E-state index in [2.05, 4.69) is 0 Å². The van der Waals surface area contributed by atoms with E-state index in [9.17, 15) is 20.1 Å². The first-order chi connectivity index (χ1) is 15.9. The van der Waals surface area contributed by atoms with Crippen molar-refractivity contribution in [3.8, 4) is 5.75 Å². The first-order valence-corrected chi connectivity index (χ1v) is 12.5. The molecule has 1 saturated carbocycles. The maximum Gasteiger partial charge on any atom is 0.306 e. The summed E-state index contributed by atoms with van der Waals surface area (Å²) in [6.45, 7) is 2.77. The molecule has 1 saturated heterocycles. The van der Waals surface area contributed by atoms with Gasteiger partial charge in [0.05, 0.1) is 18.1 Å². The van der Waals surface area contributed by atoms with Crippen molar-refractivity contribution in [2.24, 2.45) is 23.7 Å². The molecule has 0 radical (unpaired) electrons. The highest BCUT2D eigenvalue weighted by Gasteiger charge is 2.43. The highest BCUT2D eigenvalue weighted by atomic mass is 35.5. The molecule has 0 amide bonds. The summed E-state index contributed by atoms with van der Waals surface area (Å²) in [5.74, 6) is 0.166. The lowest BCUT2D eigenvalue weighted by molar-refractivity contribution is -0.142. The molecule has 1 heterocycles. The first-order valence-electron chi connectivity index (χ1n) is 12.1. The van der Waals surface area contributed by atoms with Gasteiger partial charge in [-0.05, 0) is 68.2 Å². The number of fused-ring (bicyclic) bond motifs is 1. The van der Waals surface area contributed by atoms with Crippen molar-refractivity contribution in [2.75, 3.05) is 13.2 Å². The van der Waals surface area contributed by atoms with Crippen LogP contribution in [-0.4, -0.2) is 52.8 Å². The standard InChI is InChI=1S/C26H37ClO6/c1-2-3-18(26(30)31)6-4-17-5-12-23-22(24(29)14-25(23)33-15-17)13-9-20(28)16-32-21-10-7-19(27)8-11-21/h7-11,13,17-18,20,22-25,28-29H,2-6,12,14-16H2,1H3,(H,30,31)/b13-9+/t17-,18?,20-,22-,23-,24-,25+/m1/s1. The molecule has 7 atom stereocenters. The summed E-state index contributed by atoms with van der Waals surface area (Å²) in [5.41, 5.74) is 0. The molecule has 0 spiro atoms. The van der Waals surface area contributed by atoms with Crippen molar-refractivity contribution in [3.63, 3.8) is 0 Å². The smallest absolute Gasteiger partial charge is 0.306 e. The molecule has 3 rings (SSSR count). The van der Waals surface area contributed by atoms with E-state index in [1.165, 1.54) is 0 Å². The number of aliphatic hydroxyl groups excluding tert-OH is 2. The Balaban J connectivity index is 1.49. The number of ether oxygens (including phenoxy) is 2. The van der Waals surface area contributed by atoms with Crippen molar-refractivity contribution < 1.29 is 29.6 Å². The zero-order valence-corrected chi connectivity index (χ0v) is 20.1. The molecule has 7 heteroatoms. The van der Waals surface area contributed by atoms with E-state index in [0.717, 1.165) is 32.1 Å². The fourth-order valence-corrected chi connectivity index (χ4v) is 5.27. The lowest BCUT2D eigenvalue weighted by atomic mass is 9.85. The summed E-state index contributed by atoms with van der Waals surface area (Å²) in [4.78, 5) is 11.4. The monoisotopic (exact) mass is 480 g/mol. The average molecular weight is 481 g/mol. The van der Waals surface area contributed by atoms with Crippen LogP contribution >= 0.6 is 11.6 Å². The summed E-state index contributed by atoms with van der Waals surface area (Å²) in [7, 11) is 0. The molecule has 184 valence electrons. The van der Waals surface area contributed by atoms with Crippen LogP contribution in [0.3, 0.4) is 0 Å². The van der Waals surface area contributed by atoms with Gasteiger partial charge < -0.3 is 24.8 Å². The van der Waals surface area contributed by atoms with Crippen molar-refractivity contribution in [1.29, 1.82) is 0 Å². The van der Waals surface area contributed by atoms with Gasteiger partial charge in [0.2, 0.25) is 0 Å². The summed E-state index contributed by atoms with van der Waals surface area (Å²) in [6, 6.07) is 6.98. The van der Waals surface area contributed by atoms with Crippen molar-refractivity contribution in [1.82, 2.24) is 0 Å². The first kappa shape index (κ1) is 26.0. The van der Waals surface area contributed by atoms with Gasteiger partial charge in [0.25, 0.3) is 0 Å². The minimum absolute atomic E-state index is 0.00743. The number of rotatable bonds is 11. The van der Waals surface area contributed by atoms with Gasteiger partial charge in [-0.3, -0.25) is 4.79 Å². The van der Waals surface area contributed by atoms with Crippen LogP contribution < -0.4 is 4.74 Å². The quantitative estimate of drug-likeness (QED) is 0.397. The van der Waals surface area contributed by atoms with Gasteiger partial charge in [0, 0.05) is 24.0 Å². The third kappa shape index (κ3) is 7.71. The summed E-state index contributed by atoms with van der Waals surface area (Å²) < 4.78 is 11.8. The summed E-state index contributed by atoms with van der Waals surface area (Å²) >= 11 is 5.87. The van der Waals surface area contributed by atoms with Gasteiger partial charge in [0.1, 0.15) is 18.5 Å². The summed E-state index contributed by atoms with van der Waals surface area (Å²) in [5, 5.41) is 30.9. The summed E-state index contributed by atoms with van der Waals surface area (Å²) in [6.07, 6.45) is 8.01. The molecule has 1 aromatic carbocycles. The van der Waals surface area contributed by atoms with Crippen LogP contribution in [0.1, 0.15) is 51.9 Å². The van der Waals surface area contributed by atoms with Crippen molar-refractivity contribution in [2.45, 2.75) is 70.2 Å². The molecular weight excluding hydrogens is 444 g/mol. The number of carboxylic acids is 1. The second-order valence-corrected chi connectivity index (χ2v) is 9.91. The van der Waals surface area contributed by atoms with Gasteiger partial charge in [0.15, 0.2) is 0 Å². The van der Waals surface area contributed by atoms with Crippen LogP contribution in [0.2, 0.25) is 5.02 Å². The Morgan fingerprint density at radius 1 is 1.27 bits per heavy atom. The lowest BCUT2D eigenvalue weighted by Crippen LogP contribution is -2.22. The predicted octanol–water partition coefficient (Wildman–Crippen LogP) is 4.71. The van der Waals surface area contributed by atoms with Crippen LogP contribution in [-0.2, 0) is 9.53 Å². The molecule has 0 aromatic heterocycles. The molecule has 2 aliphatic rings. The van der Waals surface area contributed by atoms with E-state index in [0.29, 0.717) is 36.1 Å². The van der Waals surface area contributed by atoms with E-state index < -0.39 is 18.2 Å². The third-order valence-corrected chi connectivity index (χ3v) is 7.30. The maximum absolute atomic E-state index is 11.4. The van der Waals surface area contributed by atoms with Crippen LogP contribution in [0.4, 0.5) is 0 Å². The number of carbonyl (C=O) groups is 1. The van der Waals surface area contributed by atoms with Gasteiger partial charge in [-0.2, -0.15) is 0 Å². The Labute approximate surface area is 201 Å². The third-order valence-electron chi connectivity index (χ3n) is 7.04. The normalized spacial score (nSPS) is 29.4. The van der Waals surface area contributed by atoms with Gasteiger partial charge in [-0.1, -0.05) is 37.1 Å². The molecule has 1 aliphatic heterocycles. The fraction of sp³-hybridized carbons (Fsp3) is 0.654. The van der Waals surface area contributed by atoms with Crippen LogP contribution in [0.25, 0.3) is 0 Å². The molecule has 1 aliphatic carbocycles. The molecule has 1 aromatic rings. The van der Waals surface area contributed by atoms with Gasteiger partial charge in [-0.25, -0.2) is 0 Å². The van der Waals surface area contributed by atoms with E-state index in [-0.39, 0.29) is 30.5 Å². The van der Waals surface area contributed by atoms with E-state index >= 15 is 0 Å². The number of benzene rings is 1. The highest BCUT2D eigenvalue weighted by Crippen LogP contribution is 2.42. The molecular formula is C26H37ClO6. The Morgan fingerprint density at radius 2 is 2.03 bits per heavy atom. The Morgan fingerprint density at radius 3 is 2.73 bits per heavy atom. The molecule has 3 N–H and O–H groups in total. The average Bonchev–Trinajstić information content (AvgIpc) is 2.95. The van der Waals surface area contributed by atoms with E-state index in [1.54, 1.807) is 30.3 Å². The number of carboxylic acid groups (broad SMARTS) is 1. The van der Waals surface area contributed by atoms with Crippen molar-refractivity contribution in [3.05, 3.63) is 41.4 Å². The molecule has 33 heavy (non-hydrogen) atoms. The number of aliphatic carboxylic acids is 1. The zero-order valence-electron chi connectivity index (χ0n) is 19.3. The highest BCUT2D eigenvalue weighted by molar-refractivity contribution is 6.30. The van der Waals surface area contributed by atoms with Crippen LogP contribution in [0, 0.1) is 23.7 Å². The molecule has 0 bridgehead atoms. The minimum atomic E-state index is -0.780. The number of hydrogen-bond acceptors (Lipinski definition) is 5. The van der Waals surface area contributed by atoms with Crippen LogP contribution in [0.15, 0.2) is 36.4 Å². The van der Waals surface area contributed by atoms with Crippen molar-refractivity contribution >= 4 is 17.6 Å². The Hall–Kier alpha value is -1.60. The number of hydrogen-bond donors (Lipinski definition) is 3. The second-order valence-electron chi connectivity index (χ2n) is 9.48. The maximum atomic E-state index is 11.4. The van der Waals surface area contributed by atoms with Gasteiger partial charge in [-0.15, -0.1) is 0 Å². The van der Waals surface area contributed by atoms with Gasteiger partial charge >= 0.3 is 5.97 Å². The number of halogens is 1. The Bertz CT molecular complexity index is 767. The largest absolute Gasteiger partial charge is 0.491 e. The molecule has 6 nitrogen and oxygen atoms in total. The predicted molar refractivity (Wildman–Crippen MR) is 127 cm³/mol. The Kier molecular flexibility index (Phi) is 10.0. The zero-order chi connectivity index (χ0) is 23.8. The SMILES string of the molecule is CCCC(CC[C@@H]1CC[C@@H]2[C@@H](/C=C/[C@@H](O)COc3ccc(Cl)cc3)[C@H](O)C[C@@H]2OC1)C(=O)O. The molecule has 2 fully saturated rings. The second kappa shape index (κ2) is 12.7. The van der Waals surface area contributed by atoms with E-state index in [1.807, 2.05) is 13.0 Å². The van der Waals surface area contributed by atoms with E-state index in [4.69, 9.17) is 21.1 Å². The molecule has 1 unspecified atom stereocenters.